The number of rotatable bonds is 4. The maximum absolute atomic E-state index is 13.4. The summed E-state index contributed by atoms with van der Waals surface area (Å²) in [5, 5.41) is 11.3. The number of hydrogen-bond donors (Lipinski definition) is 2. The average Bonchev–Trinajstić information content (AvgIpc) is 2.37. The van der Waals surface area contributed by atoms with E-state index in [1.165, 1.54) is 18.2 Å². The Hall–Kier alpha value is -2.50. The predicted molar refractivity (Wildman–Crippen MR) is 67.0 cm³/mol. The van der Waals surface area contributed by atoms with Gasteiger partial charge in [-0.25, -0.2) is 18.0 Å². The van der Waals surface area contributed by atoms with Gasteiger partial charge in [0.2, 0.25) is 0 Å². The molecular weight excluding hydrogens is 271 g/mol. The Morgan fingerprint density at radius 1 is 1.10 bits per heavy atom. The van der Waals surface area contributed by atoms with Crippen molar-refractivity contribution in [3.8, 4) is 0 Å². The molecule has 2 N–H and O–H groups in total. The van der Waals surface area contributed by atoms with E-state index in [0.717, 1.165) is 0 Å². The third-order valence-electron chi connectivity index (χ3n) is 2.65. The second-order valence-electron chi connectivity index (χ2n) is 4.10. The number of halogens is 3. The molecule has 104 valence electrons. The molecule has 0 radical (unpaired) electrons. The molecule has 0 heterocycles. The average molecular weight is 281 g/mol. The fourth-order valence-corrected chi connectivity index (χ4v) is 1.72. The van der Waals surface area contributed by atoms with Gasteiger partial charge in [-0.15, -0.1) is 0 Å². The number of carboxylic acids is 1. The summed E-state index contributed by atoms with van der Waals surface area (Å²) in [5.74, 6) is -4.18. The lowest BCUT2D eigenvalue weighted by molar-refractivity contribution is 0.0696. The van der Waals surface area contributed by atoms with Gasteiger partial charge in [0.25, 0.3) is 0 Å². The van der Waals surface area contributed by atoms with Crippen LogP contribution < -0.4 is 5.32 Å². The van der Waals surface area contributed by atoms with Crippen LogP contribution >= 0.6 is 0 Å². The minimum Gasteiger partial charge on any atom is -0.478 e. The van der Waals surface area contributed by atoms with Gasteiger partial charge in [0.05, 0.1) is 5.56 Å². The topological polar surface area (TPSA) is 49.3 Å². The van der Waals surface area contributed by atoms with Crippen LogP contribution in [0.3, 0.4) is 0 Å². The van der Waals surface area contributed by atoms with Gasteiger partial charge < -0.3 is 10.4 Å². The third kappa shape index (κ3) is 3.09. The Labute approximate surface area is 112 Å². The van der Waals surface area contributed by atoms with E-state index in [9.17, 15) is 18.0 Å². The van der Waals surface area contributed by atoms with E-state index < -0.39 is 29.1 Å². The molecule has 0 saturated heterocycles. The largest absolute Gasteiger partial charge is 0.478 e. The van der Waals surface area contributed by atoms with Crippen LogP contribution in [0.25, 0.3) is 0 Å². The Morgan fingerprint density at radius 2 is 1.75 bits per heavy atom. The fourth-order valence-electron chi connectivity index (χ4n) is 1.72. The highest BCUT2D eigenvalue weighted by atomic mass is 19.1. The van der Waals surface area contributed by atoms with E-state index in [4.69, 9.17) is 5.11 Å². The predicted octanol–water partition coefficient (Wildman–Crippen LogP) is 3.41. The molecule has 0 bridgehead atoms. The van der Waals surface area contributed by atoms with Crippen molar-refractivity contribution in [2.75, 3.05) is 5.32 Å². The SMILES string of the molecule is O=C(O)c1cccc(CNc2c(F)cc(F)cc2F)c1. The number of benzene rings is 2. The summed E-state index contributed by atoms with van der Waals surface area (Å²) in [6.07, 6.45) is 0. The Morgan fingerprint density at radius 3 is 2.35 bits per heavy atom. The zero-order valence-electron chi connectivity index (χ0n) is 10.2. The normalized spacial score (nSPS) is 10.3. The van der Waals surface area contributed by atoms with Crippen LogP contribution in [0.4, 0.5) is 18.9 Å². The van der Waals surface area contributed by atoms with Crippen LogP contribution in [0.5, 0.6) is 0 Å². The Kier molecular flexibility index (Phi) is 3.93. The monoisotopic (exact) mass is 281 g/mol. The third-order valence-corrected chi connectivity index (χ3v) is 2.65. The van der Waals surface area contributed by atoms with Gasteiger partial charge in [0, 0.05) is 18.7 Å². The molecule has 6 heteroatoms. The Balaban J connectivity index is 2.17. The van der Waals surface area contributed by atoms with Gasteiger partial charge in [-0.05, 0) is 17.7 Å². The van der Waals surface area contributed by atoms with Gasteiger partial charge in [0.15, 0.2) is 11.6 Å². The molecule has 2 rings (SSSR count). The quantitative estimate of drug-likeness (QED) is 0.902. The number of carbonyl (C=O) groups is 1. The number of aromatic carboxylic acids is 1. The van der Waals surface area contributed by atoms with Crippen LogP contribution in [-0.2, 0) is 6.54 Å². The number of hydrogen-bond acceptors (Lipinski definition) is 2. The molecule has 0 aliphatic rings. The lowest BCUT2D eigenvalue weighted by Gasteiger charge is -2.09. The second kappa shape index (κ2) is 5.64. The van der Waals surface area contributed by atoms with Crippen LogP contribution in [0.15, 0.2) is 36.4 Å². The summed E-state index contributed by atoms with van der Waals surface area (Å²) in [5.41, 5.74) is 0.157. The van der Waals surface area contributed by atoms with Crippen molar-refractivity contribution < 1.29 is 23.1 Å². The Bertz CT molecular complexity index is 636. The molecule has 0 unspecified atom stereocenters. The van der Waals surface area contributed by atoms with Crippen LogP contribution in [0.2, 0.25) is 0 Å². The van der Waals surface area contributed by atoms with Crippen molar-refractivity contribution in [2.24, 2.45) is 0 Å². The maximum atomic E-state index is 13.4. The molecule has 0 amide bonds. The lowest BCUT2D eigenvalue weighted by Crippen LogP contribution is -2.05. The molecular formula is C14H10F3NO2. The van der Waals surface area contributed by atoms with E-state index in [1.54, 1.807) is 6.07 Å². The first kappa shape index (κ1) is 13.9. The molecule has 0 saturated carbocycles. The number of anilines is 1. The highest BCUT2D eigenvalue weighted by Gasteiger charge is 2.11. The standard InChI is InChI=1S/C14H10F3NO2/c15-10-5-11(16)13(12(17)6-10)18-7-8-2-1-3-9(4-8)14(19)20/h1-6,18H,7H2,(H,19,20). The van der Waals surface area contributed by atoms with Gasteiger partial charge in [-0.2, -0.15) is 0 Å². The van der Waals surface area contributed by atoms with Crippen molar-refractivity contribution in [3.05, 3.63) is 65.0 Å². The fraction of sp³-hybridized carbons (Fsp3) is 0.0714. The summed E-state index contributed by atoms with van der Waals surface area (Å²) in [6, 6.07) is 7.06. The first-order valence-corrected chi connectivity index (χ1v) is 5.68. The molecule has 2 aromatic rings. The molecule has 0 spiro atoms. The van der Waals surface area contributed by atoms with Gasteiger partial charge in [-0.3, -0.25) is 0 Å². The molecule has 3 nitrogen and oxygen atoms in total. The van der Waals surface area contributed by atoms with E-state index >= 15 is 0 Å². The number of carboxylic acid groups (broad SMARTS) is 1. The van der Waals surface area contributed by atoms with E-state index in [0.29, 0.717) is 17.7 Å². The second-order valence-corrected chi connectivity index (χ2v) is 4.10. The molecule has 2 aromatic carbocycles. The molecule has 0 aromatic heterocycles. The minimum absolute atomic E-state index is 0.0145. The van der Waals surface area contributed by atoms with Crippen molar-refractivity contribution in [2.45, 2.75) is 6.54 Å². The van der Waals surface area contributed by atoms with E-state index in [2.05, 4.69) is 5.32 Å². The van der Waals surface area contributed by atoms with E-state index in [-0.39, 0.29) is 12.1 Å². The van der Waals surface area contributed by atoms with E-state index in [1.807, 2.05) is 0 Å². The maximum Gasteiger partial charge on any atom is 0.335 e. The summed E-state index contributed by atoms with van der Waals surface area (Å²) in [7, 11) is 0. The molecule has 0 atom stereocenters. The zero-order chi connectivity index (χ0) is 14.7. The first-order chi connectivity index (χ1) is 9.47. The van der Waals surface area contributed by atoms with Crippen molar-refractivity contribution in [1.29, 1.82) is 0 Å². The highest BCUT2D eigenvalue weighted by molar-refractivity contribution is 5.87. The summed E-state index contributed by atoms with van der Waals surface area (Å²) < 4.78 is 39.5. The highest BCUT2D eigenvalue weighted by Crippen LogP contribution is 2.21. The van der Waals surface area contributed by atoms with Crippen molar-refractivity contribution >= 4 is 11.7 Å². The summed E-state index contributed by atoms with van der Waals surface area (Å²) in [6.45, 7) is 0.0145. The lowest BCUT2D eigenvalue weighted by atomic mass is 10.1. The minimum atomic E-state index is -1.09. The first-order valence-electron chi connectivity index (χ1n) is 5.68. The molecule has 0 aliphatic carbocycles. The van der Waals surface area contributed by atoms with Gasteiger partial charge >= 0.3 is 5.97 Å². The van der Waals surface area contributed by atoms with Gasteiger partial charge in [0.1, 0.15) is 11.5 Å². The zero-order valence-corrected chi connectivity index (χ0v) is 10.2. The van der Waals surface area contributed by atoms with Crippen molar-refractivity contribution in [1.82, 2.24) is 0 Å². The van der Waals surface area contributed by atoms with Crippen LogP contribution in [0.1, 0.15) is 15.9 Å². The van der Waals surface area contributed by atoms with Crippen LogP contribution in [0, 0.1) is 17.5 Å². The van der Waals surface area contributed by atoms with Gasteiger partial charge in [-0.1, -0.05) is 12.1 Å². The molecule has 0 fully saturated rings. The summed E-state index contributed by atoms with van der Waals surface area (Å²) in [4.78, 5) is 10.8. The van der Waals surface area contributed by atoms with Crippen LogP contribution in [-0.4, -0.2) is 11.1 Å². The molecule has 20 heavy (non-hydrogen) atoms. The summed E-state index contributed by atoms with van der Waals surface area (Å²) >= 11 is 0. The smallest absolute Gasteiger partial charge is 0.335 e. The van der Waals surface area contributed by atoms with Crippen molar-refractivity contribution in [3.63, 3.8) is 0 Å². The molecule has 0 aliphatic heterocycles. The number of nitrogens with one attached hydrogen (secondary N) is 1.